The third-order valence-electron chi connectivity index (χ3n) is 10.2. The molecule has 0 aliphatic carbocycles. The molecular formula is C39H44N2O8. The van der Waals surface area contributed by atoms with Crippen molar-refractivity contribution in [1.29, 1.82) is 0 Å². The zero-order valence-corrected chi connectivity index (χ0v) is 29.0. The van der Waals surface area contributed by atoms with Crippen LogP contribution < -0.4 is 33.2 Å². The largest absolute Gasteiger partial charge is 0.504 e. The molecule has 0 aromatic heterocycles. The zero-order chi connectivity index (χ0) is 34.2. The number of nitrogens with zero attached hydrogens (tertiary/aromatic N) is 2. The van der Waals surface area contributed by atoms with Crippen molar-refractivity contribution >= 4 is 0 Å². The third kappa shape index (κ3) is 6.04. The van der Waals surface area contributed by atoms with Gasteiger partial charge in [-0.05, 0) is 98.4 Å². The number of fused-ring (bicyclic) bond motifs is 3. The minimum atomic E-state index is 0.0261. The Morgan fingerprint density at radius 1 is 0.673 bits per heavy atom. The van der Waals surface area contributed by atoms with E-state index < -0.39 is 0 Å². The number of likely N-dealkylation sites (N-methyl/N-ethyl adjacent to an activating group) is 2. The monoisotopic (exact) mass is 668 g/mol. The summed E-state index contributed by atoms with van der Waals surface area (Å²) in [5, 5.41) is 11.0. The van der Waals surface area contributed by atoms with Crippen LogP contribution in [0, 0.1) is 0 Å². The molecule has 4 aromatic carbocycles. The van der Waals surface area contributed by atoms with Crippen LogP contribution in [0.15, 0.2) is 54.6 Å². The molecule has 1 N–H and O–H groups in total. The number of benzene rings is 4. The van der Waals surface area contributed by atoms with Gasteiger partial charge in [-0.3, -0.25) is 9.80 Å². The number of hydrogen-bond acceptors (Lipinski definition) is 10. The van der Waals surface area contributed by atoms with Gasteiger partial charge in [-0.25, -0.2) is 0 Å². The van der Waals surface area contributed by atoms with Gasteiger partial charge in [0.05, 0.1) is 28.4 Å². The van der Waals surface area contributed by atoms with E-state index in [1.165, 1.54) is 16.7 Å². The highest BCUT2D eigenvalue weighted by atomic mass is 16.7. The SMILES string of the molecule is COc1ccc(CC2c3cc(OC)c(OC)c(O)c3CCN2C)cc1Oc1ccc(CC2c3cc4c(c(OC)c3CCN2C)OCO4)cc1. The zero-order valence-electron chi connectivity index (χ0n) is 29.0. The second-order valence-electron chi connectivity index (χ2n) is 12.9. The lowest BCUT2D eigenvalue weighted by Gasteiger charge is -2.36. The number of methoxy groups -OCH3 is 4. The molecule has 3 aliphatic rings. The van der Waals surface area contributed by atoms with Crippen molar-refractivity contribution in [3.8, 4) is 51.7 Å². The van der Waals surface area contributed by atoms with Crippen LogP contribution >= 0.6 is 0 Å². The molecule has 0 spiro atoms. The van der Waals surface area contributed by atoms with Crippen molar-refractivity contribution in [1.82, 2.24) is 9.80 Å². The van der Waals surface area contributed by atoms with Crippen molar-refractivity contribution < 1.29 is 38.3 Å². The minimum Gasteiger partial charge on any atom is -0.504 e. The molecule has 0 saturated heterocycles. The highest BCUT2D eigenvalue weighted by Crippen LogP contribution is 2.50. The summed E-state index contributed by atoms with van der Waals surface area (Å²) in [7, 11) is 10.8. The first-order valence-corrected chi connectivity index (χ1v) is 16.6. The van der Waals surface area contributed by atoms with E-state index in [1.807, 2.05) is 30.3 Å². The number of ether oxygens (including phenoxy) is 7. The Balaban J connectivity index is 1.11. The van der Waals surface area contributed by atoms with E-state index in [0.29, 0.717) is 35.2 Å². The first kappa shape index (κ1) is 32.7. The maximum atomic E-state index is 11.0. The number of phenolic OH excluding ortho intramolecular Hbond substituents is 1. The van der Waals surface area contributed by atoms with Crippen molar-refractivity contribution in [2.75, 3.05) is 62.4 Å². The van der Waals surface area contributed by atoms with Gasteiger partial charge in [0.2, 0.25) is 18.3 Å². The Morgan fingerprint density at radius 2 is 1.31 bits per heavy atom. The first-order valence-electron chi connectivity index (χ1n) is 16.6. The van der Waals surface area contributed by atoms with Crippen molar-refractivity contribution in [3.05, 3.63) is 88.0 Å². The molecule has 2 unspecified atom stereocenters. The van der Waals surface area contributed by atoms with Crippen LogP contribution in [-0.4, -0.2) is 77.3 Å². The van der Waals surface area contributed by atoms with E-state index in [2.05, 4.69) is 48.2 Å². The van der Waals surface area contributed by atoms with Gasteiger partial charge in [0.25, 0.3) is 0 Å². The molecule has 2 atom stereocenters. The van der Waals surface area contributed by atoms with Crippen LogP contribution in [0.25, 0.3) is 0 Å². The Morgan fingerprint density at radius 3 is 1.98 bits per heavy atom. The highest BCUT2D eigenvalue weighted by Gasteiger charge is 2.34. The van der Waals surface area contributed by atoms with Crippen LogP contribution in [0.2, 0.25) is 0 Å². The smallest absolute Gasteiger partial charge is 0.231 e. The molecule has 3 aliphatic heterocycles. The van der Waals surface area contributed by atoms with E-state index in [-0.39, 0.29) is 24.6 Å². The van der Waals surface area contributed by atoms with Crippen molar-refractivity contribution in [2.45, 2.75) is 37.8 Å². The quantitative estimate of drug-likeness (QED) is 0.202. The standard InChI is InChI=1S/C39H44N2O8/c1-40-15-13-26-28(20-34(44-4)38(46-6)36(26)42)31(40)18-24-9-12-32(43-3)33(19-24)49-25-10-7-23(8-11-25)17-30-29-21-35-39(48-22-47-35)37(45-5)27(29)14-16-41(30)2/h7-12,19-21,30-31,42H,13-18,22H2,1-6H3. The van der Waals surface area contributed by atoms with Gasteiger partial charge in [0.1, 0.15) is 5.75 Å². The second-order valence-corrected chi connectivity index (χ2v) is 12.9. The normalized spacial score (nSPS) is 18.4. The van der Waals surface area contributed by atoms with Gasteiger partial charge >= 0.3 is 0 Å². The van der Waals surface area contributed by atoms with Crippen LogP contribution in [0.4, 0.5) is 0 Å². The molecule has 7 rings (SSSR count). The van der Waals surface area contributed by atoms with Gasteiger partial charge in [-0.15, -0.1) is 0 Å². The van der Waals surface area contributed by atoms with Crippen molar-refractivity contribution in [2.24, 2.45) is 0 Å². The summed E-state index contributed by atoms with van der Waals surface area (Å²) in [5.41, 5.74) is 6.63. The Kier molecular flexibility index (Phi) is 9.09. The molecule has 0 radical (unpaired) electrons. The van der Waals surface area contributed by atoms with Gasteiger partial charge in [-0.2, -0.15) is 0 Å². The van der Waals surface area contributed by atoms with Gasteiger partial charge < -0.3 is 38.3 Å². The summed E-state index contributed by atoms with van der Waals surface area (Å²) in [6.45, 7) is 1.95. The predicted octanol–water partition coefficient (Wildman–Crippen LogP) is 6.49. The number of hydrogen-bond donors (Lipinski definition) is 1. The molecule has 10 nitrogen and oxygen atoms in total. The Labute approximate surface area is 287 Å². The molecular weight excluding hydrogens is 624 g/mol. The molecule has 49 heavy (non-hydrogen) atoms. The van der Waals surface area contributed by atoms with E-state index >= 15 is 0 Å². The van der Waals surface area contributed by atoms with Crippen LogP contribution in [0.3, 0.4) is 0 Å². The molecule has 10 heteroatoms. The number of rotatable bonds is 10. The molecule has 0 fully saturated rings. The molecule has 0 saturated carbocycles. The summed E-state index contributed by atoms with van der Waals surface area (Å²) in [6.07, 6.45) is 3.16. The van der Waals surface area contributed by atoms with Crippen LogP contribution in [0.5, 0.6) is 51.7 Å². The maximum Gasteiger partial charge on any atom is 0.231 e. The molecule has 258 valence electrons. The molecule has 0 bridgehead atoms. The lowest BCUT2D eigenvalue weighted by Crippen LogP contribution is -2.33. The van der Waals surface area contributed by atoms with E-state index in [9.17, 15) is 5.11 Å². The minimum absolute atomic E-state index is 0.0261. The number of phenols is 1. The van der Waals surface area contributed by atoms with Gasteiger partial charge in [-0.1, -0.05) is 18.2 Å². The van der Waals surface area contributed by atoms with E-state index in [1.54, 1.807) is 28.4 Å². The Hall–Kier alpha value is -4.80. The fourth-order valence-corrected chi connectivity index (χ4v) is 7.52. The lowest BCUT2D eigenvalue weighted by atomic mass is 9.87. The number of aromatic hydroxyl groups is 1. The summed E-state index contributed by atoms with van der Waals surface area (Å²) in [6, 6.07) is 18.6. The Bertz CT molecular complexity index is 1840. The highest BCUT2D eigenvalue weighted by molar-refractivity contribution is 5.62. The first-order chi connectivity index (χ1) is 23.8. The molecule has 0 amide bonds. The van der Waals surface area contributed by atoms with Crippen LogP contribution in [-0.2, 0) is 25.7 Å². The second kappa shape index (κ2) is 13.6. The summed E-state index contributed by atoms with van der Waals surface area (Å²) in [5.74, 6) is 5.32. The van der Waals surface area contributed by atoms with E-state index in [0.717, 1.165) is 66.3 Å². The van der Waals surface area contributed by atoms with E-state index in [4.69, 9.17) is 33.2 Å². The predicted molar refractivity (Wildman–Crippen MR) is 185 cm³/mol. The molecule has 4 aromatic rings. The maximum absolute atomic E-state index is 11.0. The summed E-state index contributed by atoms with van der Waals surface area (Å²) >= 11 is 0. The molecule has 3 heterocycles. The average molecular weight is 669 g/mol. The van der Waals surface area contributed by atoms with Crippen molar-refractivity contribution in [3.63, 3.8) is 0 Å². The summed E-state index contributed by atoms with van der Waals surface area (Å²) in [4.78, 5) is 4.70. The fraction of sp³-hybridized carbons (Fsp3) is 0.385. The third-order valence-corrected chi connectivity index (χ3v) is 10.2. The fourth-order valence-electron chi connectivity index (χ4n) is 7.52. The topological polar surface area (TPSA) is 91.3 Å². The summed E-state index contributed by atoms with van der Waals surface area (Å²) < 4.78 is 40.5. The van der Waals surface area contributed by atoms with Crippen LogP contribution in [0.1, 0.15) is 45.5 Å². The lowest BCUT2D eigenvalue weighted by molar-refractivity contribution is 0.171. The van der Waals surface area contributed by atoms with Gasteiger partial charge in [0, 0.05) is 36.3 Å². The average Bonchev–Trinajstić information content (AvgIpc) is 3.59. The van der Waals surface area contributed by atoms with Gasteiger partial charge in [0.15, 0.2) is 34.5 Å².